The van der Waals surface area contributed by atoms with Gasteiger partial charge in [-0.05, 0) is 44.9 Å². The Morgan fingerprint density at radius 2 is 1.90 bits per heavy atom. The van der Waals surface area contributed by atoms with E-state index in [9.17, 15) is 4.79 Å². The third kappa shape index (κ3) is 3.73. The van der Waals surface area contributed by atoms with Crippen molar-refractivity contribution in [1.82, 2.24) is 5.32 Å². The number of carbonyl (C=O) groups is 1. The van der Waals surface area contributed by atoms with Gasteiger partial charge < -0.3 is 9.47 Å². The second kappa shape index (κ2) is 7.29. The molecule has 0 spiro atoms. The predicted molar refractivity (Wildman–Crippen MR) is 79.9 cm³/mol. The molecular weight excluding hydrogens is 254 g/mol. The number of carbonyl (C=O) groups excluding carboxylic acids is 1. The van der Waals surface area contributed by atoms with Crippen molar-refractivity contribution in [3.8, 4) is 5.75 Å². The summed E-state index contributed by atoms with van der Waals surface area (Å²) in [5, 5.41) is 3.37. The molecule has 20 heavy (non-hydrogen) atoms. The molecule has 112 valence electrons. The minimum Gasteiger partial charge on any atom is -0.497 e. The van der Waals surface area contributed by atoms with Crippen molar-refractivity contribution in [1.29, 1.82) is 0 Å². The van der Waals surface area contributed by atoms with E-state index in [4.69, 9.17) is 9.47 Å². The number of methoxy groups -OCH3 is 1. The summed E-state index contributed by atoms with van der Waals surface area (Å²) in [5.74, 6) is 0.508. The molecule has 0 heterocycles. The van der Waals surface area contributed by atoms with Gasteiger partial charge in [0.05, 0.1) is 13.7 Å². The van der Waals surface area contributed by atoms with Gasteiger partial charge >= 0.3 is 5.97 Å². The molecule has 0 aliphatic carbocycles. The minimum atomic E-state index is -0.849. The molecule has 0 aliphatic rings. The summed E-state index contributed by atoms with van der Waals surface area (Å²) in [4.78, 5) is 12.4. The van der Waals surface area contributed by atoms with Crippen LogP contribution in [0.5, 0.6) is 5.75 Å². The first-order valence-electron chi connectivity index (χ1n) is 7.07. The fourth-order valence-corrected chi connectivity index (χ4v) is 2.05. The van der Waals surface area contributed by atoms with Crippen LogP contribution in [0.1, 0.15) is 39.7 Å². The highest BCUT2D eigenvalue weighted by Crippen LogP contribution is 2.26. The first-order chi connectivity index (χ1) is 9.47. The van der Waals surface area contributed by atoms with Crippen LogP contribution in [0.15, 0.2) is 24.3 Å². The highest BCUT2D eigenvalue weighted by atomic mass is 16.5. The Hall–Kier alpha value is -1.55. The van der Waals surface area contributed by atoms with Crippen LogP contribution in [0.25, 0.3) is 0 Å². The van der Waals surface area contributed by atoms with Gasteiger partial charge in [-0.1, -0.05) is 19.1 Å². The smallest absolute Gasteiger partial charge is 0.330 e. The van der Waals surface area contributed by atoms with Crippen molar-refractivity contribution < 1.29 is 14.3 Å². The van der Waals surface area contributed by atoms with Crippen LogP contribution in [0.3, 0.4) is 0 Å². The second-order valence-electron chi connectivity index (χ2n) is 5.03. The molecule has 0 saturated heterocycles. The van der Waals surface area contributed by atoms with Crippen LogP contribution >= 0.6 is 0 Å². The lowest BCUT2D eigenvalue weighted by atomic mass is 9.90. The SMILES string of the molecule is CCOC(=O)C(C)(NC(C)CC)c1ccc(OC)cc1. The van der Waals surface area contributed by atoms with Crippen LogP contribution in [0.4, 0.5) is 0 Å². The Labute approximate surface area is 121 Å². The van der Waals surface area contributed by atoms with Crippen molar-refractivity contribution in [3.05, 3.63) is 29.8 Å². The van der Waals surface area contributed by atoms with Crippen molar-refractivity contribution in [2.75, 3.05) is 13.7 Å². The number of benzene rings is 1. The number of nitrogens with one attached hydrogen (secondary N) is 1. The minimum absolute atomic E-state index is 0.214. The monoisotopic (exact) mass is 279 g/mol. The van der Waals surface area contributed by atoms with Gasteiger partial charge in [-0.3, -0.25) is 5.32 Å². The Balaban J connectivity index is 3.10. The van der Waals surface area contributed by atoms with E-state index in [2.05, 4.69) is 19.2 Å². The third-order valence-electron chi connectivity index (χ3n) is 3.50. The summed E-state index contributed by atoms with van der Waals surface area (Å²) in [6.45, 7) is 8.18. The Bertz CT molecular complexity index is 430. The largest absolute Gasteiger partial charge is 0.497 e. The lowest BCUT2D eigenvalue weighted by Crippen LogP contribution is -2.51. The van der Waals surface area contributed by atoms with Crippen molar-refractivity contribution in [2.24, 2.45) is 0 Å². The molecular formula is C16H25NO3. The van der Waals surface area contributed by atoms with Gasteiger partial charge in [0.2, 0.25) is 0 Å². The summed E-state index contributed by atoms with van der Waals surface area (Å²) in [6.07, 6.45) is 0.936. The normalized spacial score (nSPS) is 15.2. The van der Waals surface area contributed by atoms with E-state index in [1.165, 1.54) is 0 Å². The highest BCUT2D eigenvalue weighted by molar-refractivity contribution is 5.82. The molecule has 4 nitrogen and oxygen atoms in total. The molecule has 0 bridgehead atoms. The van der Waals surface area contributed by atoms with Gasteiger partial charge in [-0.2, -0.15) is 0 Å². The first-order valence-corrected chi connectivity index (χ1v) is 7.07. The van der Waals surface area contributed by atoms with Gasteiger partial charge in [0, 0.05) is 6.04 Å². The molecule has 0 radical (unpaired) electrons. The van der Waals surface area contributed by atoms with E-state index >= 15 is 0 Å². The van der Waals surface area contributed by atoms with E-state index < -0.39 is 5.54 Å². The molecule has 1 N–H and O–H groups in total. The van der Waals surface area contributed by atoms with E-state index in [0.29, 0.717) is 6.61 Å². The van der Waals surface area contributed by atoms with E-state index in [0.717, 1.165) is 17.7 Å². The van der Waals surface area contributed by atoms with Crippen LogP contribution in [-0.2, 0) is 15.1 Å². The lowest BCUT2D eigenvalue weighted by Gasteiger charge is -2.32. The van der Waals surface area contributed by atoms with E-state index in [1.807, 2.05) is 38.1 Å². The van der Waals surface area contributed by atoms with Gasteiger partial charge in [-0.25, -0.2) is 4.79 Å². The van der Waals surface area contributed by atoms with Gasteiger partial charge in [-0.15, -0.1) is 0 Å². The van der Waals surface area contributed by atoms with Crippen LogP contribution in [-0.4, -0.2) is 25.7 Å². The standard InChI is InChI=1S/C16H25NO3/c1-6-12(3)17-16(4,15(18)20-7-2)13-8-10-14(19-5)11-9-13/h8-12,17H,6-7H2,1-5H3. The number of rotatable bonds is 7. The molecule has 1 rings (SSSR count). The molecule has 0 aromatic heterocycles. The Morgan fingerprint density at radius 1 is 1.30 bits per heavy atom. The van der Waals surface area contributed by atoms with Gasteiger partial charge in [0.1, 0.15) is 11.3 Å². The second-order valence-corrected chi connectivity index (χ2v) is 5.03. The summed E-state index contributed by atoms with van der Waals surface area (Å²) in [6, 6.07) is 7.71. The van der Waals surface area contributed by atoms with Crippen molar-refractivity contribution in [2.45, 2.75) is 45.7 Å². The zero-order valence-electron chi connectivity index (χ0n) is 13.0. The summed E-state index contributed by atoms with van der Waals surface area (Å²) < 4.78 is 10.4. The summed E-state index contributed by atoms with van der Waals surface area (Å²) in [7, 11) is 1.62. The van der Waals surface area contributed by atoms with Crippen LogP contribution in [0, 0.1) is 0 Å². The van der Waals surface area contributed by atoms with E-state index in [1.54, 1.807) is 7.11 Å². The third-order valence-corrected chi connectivity index (χ3v) is 3.50. The van der Waals surface area contributed by atoms with Gasteiger partial charge in [0.25, 0.3) is 0 Å². The lowest BCUT2D eigenvalue weighted by molar-refractivity contribution is -0.151. The Kier molecular flexibility index (Phi) is 6.02. The fourth-order valence-electron chi connectivity index (χ4n) is 2.05. The molecule has 1 aromatic carbocycles. The quantitative estimate of drug-likeness (QED) is 0.780. The molecule has 0 aliphatic heterocycles. The maximum atomic E-state index is 12.4. The van der Waals surface area contributed by atoms with E-state index in [-0.39, 0.29) is 12.0 Å². The molecule has 0 fully saturated rings. The molecule has 0 saturated carbocycles. The number of esters is 1. The summed E-state index contributed by atoms with van der Waals surface area (Å²) >= 11 is 0. The number of hydrogen-bond acceptors (Lipinski definition) is 4. The fraction of sp³-hybridized carbons (Fsp3) is 0.562. The molecule has 1 aromatic rings. The molecule has 4 heteroatoms. The number of hydrogen-bond donors (Lipinski definition) is 1. The average molecular weight is 279 g/mol. The highest BCUT2D eigenvalue weighted by Gasteiger charge is 2.37. The zero-order valence-corrected chi connectivity index (χ0v) is 13.0. The van der Waals surface area contributed by atoms with Gasteiger partial charge in [0.15, 0.2) is 0 Å². The first kappa shape index (κ1) is 16.5. The topological polar surface area (TPSA) is 47.6 Å². The van der Waals surface area contributed by atoms with Crippen molar-refractivity contribution in [3.63, 3.8) is 0 Å². The average Bonchev–Trinajstić information content (AvgIpc) is 2.47. The predicted octanol–water partition coefficient (Wildman–Crippen LogP) is 2.86. The molecule has 2 atom stereocenters. The Morgan fingerprint density at radius 3 is 2.35 bits per heavy atom. The maximum absolute atomic E-state index is 12.4. The summed E-state index contributed by atoms with van der Waals surface area (Å²) in [5.41, 5.74) is 0.0228. The molecule has 2 unspecified atom stereocenters. The maximum Gasteiger partial charge on any atom is 0.330 e. The van der Waals surface area contributed by atoms with Crippen LogP contribution < -0.4 is 10.1 Å². The molecule has 0 amide bonds. The zero-order chi connectivity index (χ0) is 15.2. The van der Waals surface area contributed by atoms with Crippen molar-refractivity contribution >= 4 is 5.97 Å². The number of ether oxygens (including phenoxy) is 2. The van der Waals surface area contributed by atoms with Crippen LogP contribution in [0.2, 0.25) is 0 Å².